The molecule has 2 rings (SSSR count). The van der Waals surface area contributed by atoms with Gasteiger partial charge >= 0.3 is 0 Å². The standard InChI is InChI=1S/C15H15ClN2S/c1-9-6-7-12(10(2)8-9)19-13-5-3-4-11(16)14(13)15(17)18/h3-8H,1-2H3,(H3,17,18). The van der Waals surface area contributed by atoms with Gasteiger partial charge in [-0.15, -0.1) is 0 Å². The fourth-order valence-corrected chi connectivity index (χ4v) is 3.28. The molecule has 0 unspecified atom stereocenters. The summed E-state index contributed by atoms with van der Waals surface area (Å²) >= 11 is 7.71. The van der Waals surface area contributed by atoms with Crippen LogP contribution in [0.2, 0.25) is 5.02 Å². The van der Waals surface area contributed by atoms with E-state index in [1.54, 1.807) is 17.8 Å². The van der Waals surface area contributed by atoms with E-state index < -0.39 is 0 Å². The topological polar surface area (TPSA) is 49.9 Å². The summed E-state index contributed by atoms with van der Waals surface area (Å²) in [6.45, 7) is 4.15. The minimum absolute atomic E-state index is 0.00198. The van der Waals surface area contributed by atoms with E-state index in [1.807, 2.05) is 12.1 Å². The van der Waals surface area contributed by atoms with Crippen molar-refractivity contribution >= 4 is 29.2 Å². The molecule has 2 nitrogen and oxygen atoms in total. The summed E-state index contributed by atoms with van der Waals surface area (Å²) < 4.78 is 0. The second-order valence-corrected chi connectivity index (χ2v) is 5.89. The summed E-state index contributed by atoms with van der Waals surface area (Å²) in [7, 11) is 0. The average molecular weight is 291 g/mol. The molecule has 0 saturated heterocycles. The predicted octanol–water partition coefficient (Wildman–Crippen LogP) is 4.39. The third kappa shape index (κ3) is 3.11. The number of hydrogen-bond acceptors (Lipinski definition) is 2. The molecule has 0 aliphatic carbocycles. The Bertz CT molecular complexity index is 638. The first-order valence-corrected chi connectivity index (χ1v) is 7.06. The van der Waals surface area contributed by atoms with Crippen molar-refractivity contribution in [3.63, 3.8) is 0 Å². The van der Waals surface area contributed by atoms with Crippen LogP contribution in [-0.2, 0) is 0 Å². The Morgan fingerprint density at radius 2 is 1.89 bits per heavy atom. The van der Waals surface area contributed by atoms with E-state index in [1.165, 1.54) is 11.1 Å². The SMILES string of the molecule is Cc1ccc(Sc2cccc(Cl)c2C(=N)N)c(C)c1. The monoisotopic (exact) mass is 290 g/mol. The third-order valence-electron chi connectivity index (χ3n) is 2.80. The number of nitrogens with two attached hydrogens (primary N) is 1. The molecule has 0 aromatic heterocycles. The maximum atomic E-state index is 7.65. The number of rotatable bonds is 3. The van der Waals surface area contributed by atoms with Gasteiger partial charge in [-0.1, -0.05) is 47.1 Å². The highest BCUT2D eigenvalue weighted by atomic mass is 35.5. The van der Waals surface area contributed by atoms with Crippen LogP contribution in [0.25, 0.3) is 0 Å². The maximum Gasteiger partial charge on any atom is 0.125 e. The fourth-order valence-electron chi connectivity index (χ4n) is 1.88. The highest BCUT2D eigenvalue weighted by molar-refractivity contribution is 7.99. The van der Waals surface area contributed by atoms with Crippen LogP contribution in [0.1, 0.15) is 16.7 Å². The molecule has 0 saturated carbocycles. The first kappa shape index (κ1) is 14.0. The van der Waals surface area contributed by atoms with Crippen LogP contribution in [0.5, 0.6) is 0 Å². The number of benzene rings is 2. The lowest BCUT2D eigenvalue weighted by Gasteiger charge is -2.11. The average Bonchev–Trinajstić information content (AvgIpc) is 2.32. The second kappa shape index (κ2) is 5.68. The molecule has 0 heterocycles. The van der Waals surface area contributed by atoms with Crippen LogP contribution in [0.4, 0.5) is 0 Å². The molecule has 19 heavy (non-hydrogen) atoms. The van der Waals surface area contributed by atoms with Gasteiger partial charge in [0.2, 0.25) is 0 Å². The van der Waals surface area contributed by atoms with Gasteiger partial charge in [-0.3, -0.25) is 5.41 Å². The van der Waals surface area contributed by atoms with Gasteiger partial charge in [0.25, 0.3) is 0 Å². The van der Waals surface area contributed by atoms with Gasteiger partial charge in [0.15, 0.2) is 0 Å². The van der Waals surface area contributed by atoms with Crippen molar-refractivity contribution < 1.29 is 0 Å². The van der Waals surface area contributed by atoms with Crippen molar-refractivity contribution in [3.05, 3.63) is 58.1 Å². The van der Waals surface area contributed by atoms with Crippen molar-refractivity contribution in [2.45, 2.75) is 23.6 Å². The molecule has 4 heteroatoms. The number of hydrogen-bond donors (Lipinski definition) is 2. The third-order valence-corrected chi connectivity index (χ3v) is 4.35. The second-order valence-electron chi connectivity index (χ2n) is 4.40. The molecule has 0 aliphatic heterocycles. The number of nitrogens with one attached hydrogen (secondary N) is 1. The molecule has 0 bridgehead atoms. The zero-order valence-corrected chi connectivity index (χ0v) is 12.4. The molecule has 0 amide bonds. The Labute approximate surface area is 122 Å². The lowest BCUT2D eigenvalue weighted by molar-refractivity contribution is 1.25. The van der Waals surface area contributed by atoms with Gasteiger partial charge in [0.05, 0.1) is 5.02 Å². The summed E-state index contributed by atoms with van der Waals surface area (Å²) in [6, 6.07) is 11.9. The lowest BCUT2D eigenvalue weighted by atomic mass is 10.2. The van der Waals surface area contributed by atoms with Gasteiger partial charge in [-0.2, -0.15) is 0 Å². The quantitative estimate of drug-likeness (QED) is 0.650. The minimum atomic E-state index is -0.00198. The smallest absolute Gasteiger partial charge is 0.125 e. The minimum Gasteiger partial charge on any atom is -0.384 e. The van der Waals surface area contributed by atoms with Crippen molar-refractivity contribution in [2.75, 3.05) is 0 Å². The Kier molecular flexibility index (Phi) is 4.17. The molecule has 0 radical (unpaired) electrons. The molecule has 0 fully saturated rings. The Hall–Kier alpha value is -1.45. The fraction of sp³-hybridized carbons (Fsp3) is 0.133. The molecule has 2 aromatic rings. The summed E-state index contributed by atoms with van der Waals surface area (Å²) in [5.74, 6) is -0.00198. The number of aryl methyl sites for hydroxylation is 2. The summed E-state index contributed by atoms with van der Waals surface area (Å²) in [6.07, 6.45) is 0. The molecule has 0 aliphatic rings. The highest BCUT2D eigenvalue weighted by Crippen LogP contribution is 2.35. The van der Waals surface area contributed by atoms with Crippen LogP contribution in [0, 0.1) is 19.3 Å². The molecule has 0 atom stereocenters. The molecular formula is C15H15ClN2S. The molecule has 0 spiro atoms. The van der Waals surface area contributed by atoms with Gasteiger partial charge in [-0.05, 0) is 37.6 Å². The number of halogens is 1. The number of nitrogen functional groups attached to an aromatic ring is 1. The maximum absolute atomic E-state index is 7.65. The summed E-state index contributed by atoms with van der Waals surface area (Å²) in [4.78, 5) is 2.06. The molecule has 2 aromatic carbocycles. The predicted molar refractivity (Wildman–Crippen MR) is 82.5 cm³/mol. The largest absolute Gasteiger partial charge is 0.384 e. The van der Waals surface area contributed by atoms with Crippen LogP contribution in [-0.4, -0.2) is 5.84 Å². The molecule has 98 valence electrons. The first-order valence-electron chi connectivity index (χ1n) is 5.87. The van der Waals surface area contributed by atoms with Gasteiger partial charge < -0.3 is 5.73 Å². The Morgan fingerprint density at radius 1 is 1.16 bits per heavy atom. The van der Waals surface area contributed by atoms with Crippen molar-refractivity contribution in [1.29, 1.82) is 5.41 Å². The van der Waals surface area contributed by atoms with E-state index in [0.29, 0.717) is 10.6 Å². The summed E-state index contributed by atoms with van der Waals surface area (Å²) in [5.41, 5.74) is 8.67. The molecular weight excluding hydrogens is 276 g/mol. The van der Waals surface area contributed by atoms with E-state index >= 15 is 0 Å². The van der Waals surface area contributed by atoms with Crippen LogP contribution in [0.3, 0.4) is 0 Å². The van der Waals surface area contributed by atoms with Gasteiger partial charge in [-0.25, -0.2) is 0 Å². The lowest BCUT2D eigenvalue weighted by Crippen LogP contribution is -2.13. The first-order chi connectivity index (χ1) is 8.99. The van der Waals surface area contributed by atoms with Crippen LogP contribution >= 0.6 is 23.4 Å². The van der Waals surface area contributed by atoms with Gasteiger partial charge in [0.1, 0.15) is 5.84 Å². The van der Waals surface area contributed by atoms with E-state index in [2.05, 4.69) is 32.0 Å². The van der Waals surface area contributed by atoms with E-state index in [9.17, 15) is 0 Å². The Morgan fingerprint density at radius 3 is 2.53 bits per heavy atom. The Balaban J connectivity index is 2.44. The summed E-state index contributed by atoms with van der Waals surface area (Å²) in [5, 5.41) is 8.17. The number of amidine groups is 1. The highest BCUT2D eigenvalue weighted by Gasteiger charge is 2.12. The zero-order chi connectivity index (χ0) is 14.0. The molecule has 3 N–H and O–H groups in total. The van der Waals surface area contributed by atoms with Crippen LogP contribution in [0.15, 0.2) is 46.2 Å². The van der Waals surface area contributed by atoms with Gasteiger partial charge in [0, 0.05) is 15.4 Å². The van der Waals surface area contributed by atoms with Crippen molar-refractivity contribution in [3.8, 4) is 0 Å². The normalized spacial score (nSPS) is 10.5. The van der Waals surface area contributed by atoms with Crippen molar-refractivity contribution in [1.82, 2.24) is 0 Å². The van der Waals surface area contributed by atoms with Crippen LogP contribution < -0.4 is 5.73 Å². The van der Waals surface area contributed by atoms with E-state index in [0.717, 1.165) is 9.79 Å². The zero-order valence-electron chi connectivity index (χ0n) is 10.8. The van der Waals surface area contributed by atoms with E-state index in [-0.39, 0.29) is 5.84 Å². The van der Waals surface area contributed by atoms with Crippen molar-refractivity contribution in [2.24, 2.45) is 5.73 Å². The van der Waals surface area contributed by atoms with E-state index in [4.69, 9.17) is 22.7 Å².